The molecule has 0 aromatic carbocycles. The van der Waals surface area contributed by atoms with Crippen LogP contribution in [0.3, 0.4) is 0 Å². The molecular weight excluding hydrogens is 138 g/mol. The van der Waals surface area contributed by atoms with Gasteiger partial charge in [-0.05, 0) is 5.92 Å². The molecule has 0 saturated carbocycles. The van der Waals surface area contributed by atoms with Gasteiger partial charge in [-0.25, -0.2) is 0 Å². The van der Waals surface area contributed by atoms with Crippen molar-refractivity contribution in [1.29, 1.82) is 0 Å². The van der Waals surface area contributed by atoms with Crippen molar-refractivity contribution in [1.82, 2.24) is 5.32 Å². The van der Waals surface area contributed by atoms with Crippen LogP contribution in [0.15, 0.2) is 25.3 Å². The lowest BCUT2D eigenvalue weighted by Gasteiger charge is -2.06. The zero-order valence-corrected chi connectivity index (χ0v) is 6.97. The molecule has 0 aromatic heterocycles. The lowest BCUT2D eigenvalue weighted by atomic mass is 10.2. The van der Waals surface area contributed by atoms with E-state index >= 15 is 0 Å². The van der Waals surface area contributed by atoms with Crippen LogP contribution in [0.1, 0.15) is 13.3 Å². The Morgan fingerprint density at radius 3 is 2.73 bits per heavy atom. The van der Waals surface area contributed by atoms with E-state index in [1.807, 2.05) is 13.0 Å². The average Bonchev–Trinajstić information content (AvgIpc) is 2.01. The Morgan fingerprint density at radius 2 is 2.27 bits per heavy atom. The first kappa shape index (κ1) is 9.95. The molecule has 0 heterocycles. The standard InChI is InChI=1S/C9H15NO/c1-4-6-9(11)10-7-8(3)5-2/h4-5,8H,1-2,6-7H2,3H3,(H,10,11). The lowest BCUT2D eigenvalue weighted by Crippen LogP contribution is -2.26. The molecule has 0 rings (SSSR count). The van der Waals surface area contributed by atoms with Gasteiger partial charge in [-0.15, -0.1) is 13.2 Å². The second kappa shape index (κ2) is 5.71. The number of hydrogen-bond donors (Lipinski definition) is 1. The first-order valence-corrected chi connectivity index (χ1v) is 3.70. The van der Waals surface area contributed by atoms with Crippen molar-refractivity contribution in [3.8, 4) is 0 Å². The Labute approximate surface area is 68.0 Å². The molecule has 0 fully saturated rings. The van der Waals surface area contributed by atoms with Crippen LogP contribution >= 0.6 is 0 Å². The van der Waals surface area contributed by atoms with Gasteiger partial charge in [-0.1, -0.05) is 19.1 Å². The number of hydrogen-bond acceptors (Lipinski definition) is 1. The van der Waals surface area contributed by atoms with E-state index in [0.717, 1.165) is 0 Å². The molecule has 0 bridgehead atoms. The molecule has 1 atom stereocenters. The fourth-order valence-corrected chi connectivity index (χ4v) is 0.561. The molecule has 0 aliphatic carbocycles. The maximum atomic E-state index is 10.8. The van der Waals surface area contributed by atoms with E-state index in [1.165, 1.54) is 0 Å². The van der Waals surface area contributed by atoms with Gasteiger partial charge in [0.1, 0.15) is 0 Å². The Hall–Kier alpha value is -1.05. The molecule has 62 valence electrons. The van der Waals surface area contributed by atoms with Crippen LogP contribution in [0.25, 0.3) is 0 Å². The minimum Gasteiger partial charge on any atom is -0.355 e. The molecule has 0 spiro atoms. The van der Waals surface area contributed by atoms with Crippen molar-refractivity contribution in [2.45, 2.75) is 13.3 Å². The third kappa shape index (κ3) is 5.40. The molecule has 1 N–H and O–H groups in total. The molecule has 1 unspecified atom stereocenters. The second-order valence-corrected chi connectivity index (χ2v) is 2.51. The highest BCUT2D eigenvalue weighted by atomic mass is 16.1. The summed E-state index contributed by atoms with van der Waals surface area (Å²) in [5.41, 5.74) is 0. The predicted molar refractivity (Wildman–Crippen MR) is 47.2 cm³/mol. The highest BCUT2D eigenvalue weighted by Crippen LogP contribution is 1.92. The third-order valence-corrected chi connectivity index (χ3v) is 1.35. The third-order valence-electron chi connectivity index (χ3n) is 1.35. The number of nitrogens with one attached hydrogen (secondary N) is 1. The summed E-state index contributed by atoms with van der Waals surface area (Å²) in [6.07, 6.45) is 3.80. The van der Waals surface area contributed by atoms with Crippen molar-refractivity contribution >= 4 is 5.91 Å². The SMILES string of the molecule is C=CCC(=O)NCC(C)C=C. The fraction of sp³-hybridized carbons (Fsp3) is 0.444. The van der Waals surface area contributed by atoms with Gasteiger partial charge in [-0.3, -0.25) is 4.79 Å². The fourth-order valence-electron chi connectivity index (χ4n) is 0.561. The topological polar surface area (TPSA) is 29.1 Å². The number of carbonyl (C=O) groups excluding carboxylic acids is 1. The summed E-state index contributed by atoms with van der Waals surface area (Å²) >= 11 is 0. The maximum absolute atomic E-state index is 10.8. The van der Waals surface area contributed by atoms with Crippen LogP contribution in [-0.4, -0.2) is 12.5 Å². The van der Waals surface area contributed by atoms with Crippen molar-refractivity contribution in [3.63, 3.8) is 0 Å². The first-order valence-electron chi connectivity index (χ1n) is 3.70. The van der Waals surface area contributed by atoms with E-state index < -0.39 is 0 Å². The Kier molecular flexibility index (Phi) is 5.17. The monoisotopic (exact) mass is 153 g/mol. The van der Waals surface area contributed by atoms with E-state index in [0.29, 0.717) is 18.9 Å². The van der Waals surface area contributed by atoms with Gasteiger partial charge in [0.2, 0.25) is 5.91 Å². The largest absolute Gasteiger partial charge is 0.355 e. The molecule has 2 heteroatoms. The zero-order valence-electron chi connectivity index (χ0n) is 6.97. The molecule has 0 aliphatic heterocycles. The minimum atomic E-state index is 0.0219. The maximum Gasteiger partial charge on any atom is 0.223 e. The van der Waals surface area contributed by atoms with Crippen LogP contribution in [0.5, 0.6) is 0 Å². The van der Waals surface area contributed by atoms with E-state index in [2.05, 4.69) is 18.5 Å². The van der Waals surface area contributed by atoms with E-state index in [-0.39, 0.29) is 5.91 Å². The van der Waals surface area contributed by atoms with Gasteiger partial charge in [-0.2, -0.15) is 0 Å². The van der Waals surface area contributed by atoms with Crippen LogP contribution in [0, 0.1) is 5.92 Å². The normalized spacial score (nSPS) is 11.7. The van der Waals surface area contributed by atoms with Crippen LogP contribution in [0.2, 0.25) is 0 Å². The van der Waals surface area contributed by atoms with Crippen molar-refractivity contribution in [2.75, 3.05) is 6.54 Å². The Morgan fingerprint density at radius 1 is 1.64 bits per heavy atom. The smallest absolute Gasteiger partial charge is 0.223 e. The summed E-state index contributed by atoms with van der Waals surface area (Å²) in [6.45, 7) is 9.74. The molecule has 0 radical (unpaired) electrons. The Bertz CT molecular complexity index is 152. The highest BCUT2D eigenvalue weighted by Gasteiger charge is 1.99. The summed E-state index contributed by atoms with van der Waals surface area (Å²) in [6, 6.07) is 0. The minimum absolute atomic E-state index is 0.0219. The van der Waals surface area contributed by atoms with E-state index in [4.69, 9.17) is 0 Å². The summed E-state index contributed by atoms with van der Waals surface area (Å²) in [4.78, 5) is 10.8. The van der Waals surface area contributed by atoms with Gasteiger partial charge in [0, 0.05) is 13.0 Å². The molecule has 2 nitrogen and oxygen atoms in total. The Balaban J connectivity index is 3.44. The van der Waals surface area contributed by atoms with Gasteiger partial charge < -0.3 is 5.32 Å². The molecule has 0 aliphatic rings. The predicted octanol–water partition coefficient (Wildman–Crippen LogP) is 1.50. The summed E-state index contributed by atoms with van der Waals surface area (Å²) in [5, 5.41) is 2.75. The molecule has 11 heavy (non-hydrogen) atoms. The first-order chi connectivity index (χ1) is 5.20. The quantitative estimate of drug-likeness (QED) is 0.596. The lowest BCUT2D eigenvalue weighted by molar-refractivity contribution is -0.120. The summed E-state index contributed by atoms with van der Waals surface area (Å²) < 4.78 is 0. The van der Waals surface area contributed by atoms with Gasteiger partial charge in [0.25, 0.3) is 0 Å². The highest BCUT2D eigenvalue weighted by molar-refractivity contribution is 5.77. The molecule has 1 amide bonds. The molecular formula is C9H15NO. The van der Waals surface area contributed by atoms with E-state index in [9.17, 15) is 4.79 Å². The van der Waals surface area contributed by atoms with Gasteiger partial charge >= 0.3 is 0 Å². The molecule has 0 saturated heterocycles. The van der Waals surface area contributed by atoms with Gasteiger partial charge in [0.15, 0.2) is 0 Å². The van der Waals surface area contributed by atoms with E-state index in [1.54, 1.807) is 6.08 Å². The van der Waals surface area contributed by atoms with Crippen LogP contribution in [0.4, 0.5) is 0 Å². The van der Waals surface area contributed by atoms with Crippen molar-refractivity contribution in [2.24, 2.45) is 5.92 Å². The van der Waals surface area contributed by atoms with Crippen LogP contribution < -0.4 is 5.32 Å². The van der Waals surface area contributed by atoms with Gasteiger partial charge in [0.05, 0.1) is 0 Å². The number of rotatable bonds is 5. The second-order valence-electron chi connectivity index (χ2n) is 2.51. The zero-order chi connectivity index (χ0) is 8.69. The molecule has 0 aromatic rings. The number of amides is 1. The van der Waals surface area contributed by atoms with Crippen LogP contribution in [-0.2, 0) is 4.79 Å². The summed E-state index contributed by atoms with van der Waals surface area (Å²) in [5.74, 6) is 0.359. The average molecular weight is 153 g/mol. The van der Waals surface area contributed by atoms with Crippen molar-refractivity contribution in [3.05, 3.63) is 25.3 Å². The van der Waals surface area contributed by atoms with Crippen molar-refractivity contribution < 1.29 is 4.79 Å². The number of carbonyl (C=O) groups is 1. The summed E-state index contributed by atoms with van der Waals surface area (Å²) in [7, 11) is 0.